The van der Waals surface area contributed by atoms with Crippen LogP contribution in [0.3, 0.4) is 0 Å². The van der Waals surface area contributed by atoms with Crippen LogP contribution in [0.4, 0.5) is 5.69 Å². The summed E-state index contributed by atoms with van der Waals surface area (Å²) in [5.41, 5.74) is 2.92. The number of amides is 2. The second kappa shape index (κ2) is 12.2. The van der Waals surface area contributed by atoms with Gasteiger partial charge in [-0.1, -0.05) is 53.5 Å². The number of hydrogen-bond donors (Lipinski definition) is 1. The van der Waals surface area contributed by atoms with Crippen molar-refractivity contribution in [1.29, 1.82) is 0 Å². The third-order valence-corrected chi connectivity index (χ3v) is 7.39. The number of nitrogens with zero attached hydrogens (tertiary/aromatic N) is 2. The number of hydrogen-bond acceptors (Lipinski definition) is 4. The van der Waals surface area contributed by atoms with E-state index >= 15 is 0 Å². The molecule has 1 aliphatic heterocycles. The first-order valence-electron chi connectivity index (χ1n) is 13.0. The van der Waals surface area contributed by atoms with E-state index in [1.165, 1.54) is 0 Å². The Morgan fingerprint density at radius 3 is 2.42 bits per heavy atom. The van der Waals surface area contributed by atoms with Crippen molar-refractivity contribution in [2.24, 2.45) is 0 Å². The first kappa shape index (κ1) is 26.5. The molecule has 1 atom stereocenters. The van der Waals surface area contributed by atoms with E-state index in [0.717, 1.165) is 48.2 Å². The van der Waals surface area contributed by atoms with E-state index in [1.807, 2.05) is 71.6 Å². The summed E-state index contributed by atoms with van der Waals surface area (Å²) in [6.45, 7) is 1.74. The Balaban J connectivity index is 1.23. The van der Waals surface area contributed by atoms with Gasteiger partial charge < -0.3 is 15.0 Å². The molecule has 1 aliphatic carbocycles. The Hall–Kier alpha value is -3.06. The quantitative estimate of drug-likeness (QED) is 0.338. The molecule has 0 unspecified atom stereocenters. The third-order valence-electron chi connectivity index (χ3n) is 6.91. The molecule has 0 bridgehead atoms. The number of anilines is 1. The van der Waals surface area contributed by atoms with Gasteiger partial charge >= 0.3 is 0 Å². The van der Waals surface area contributed by atoms with Gasteiger partial charge in [-0.15, -0.1) is 0 Å². The van der Waals surface area contributed by atoms with Crippen LogP contribution in [-0.4, -0.2) is 48.5 Å². The minimum absolute atomic E-state index is 0.0229. The molecule has 6 nitrogen and oxygen atoms in total. The van der Waals surface area contributed by atoms with E-state index in [1.54, 1.807) is 11.0 Å². The molecule has 0 radical (unpaired) electrons. The molecule has 38 heavy (non-hydrogen) atoms. The van der Waals surface area contributed by atoms with E-state index in [2.05, 4.69) is 5.32 Å². The Bertz CT molecular complexity index is 1260. The zero-order valence-corrected chi connectivity index (χ0v) is 22.6. The monoisotopic (exact) mass is 551 g/mol. The predicted octanol–water partition coefficient (Wildman–Crippen LogP) is 5.50. The van der Waals surface area contributed by atoms with E-state index in [0.29, 0.717) is 29.7 Å². The maximum atomic E-state index is 13.8. The van der Waals surface area contributed by atoms with Crippen molar-refractivity contribution in [1.82, 2.24) is 10.2 Å². The molecule has 3 aromatic carbocycles. The van der Waals surface area contributed by atoms with Crippen molar-refractivity contribution in [2.75, 3.05) is 24.6 Å². The molecule has 1 saturated carbocycles. The Labute approximate surface area is 233 Å². The molecular formula is C30H31Cl2N3O3. The fourth-order valence-electron chi connectivity index (χ4n) is 4.79. The zero-order chi connectivity index (χ0) is 26.5. The van der Waals surface area contributed by atoms with Crippen molar-refractivity contribution in [3.05, 3.63) is 94.0 Å². The van der Waals surface area contributed by atoms with Crippen LogP contribution in [-0.2, 0) is 22.6 Å². The number of halogens is 2. The van der Waals surface area contributed by atoms with Crippen molar-refractivity contribution in [3.8, 4) is 5.75 Å². The van der Waals surface area contributed by atoms with Gasteiger partial charge in [0.15, 0.2) is 0 Å². The van der Waals surface area contributed by atoms with Crippen LogP contribution in [0, 0.1) is 0 Å². The molecule has 1 N–H and O–H groups in total. The second-order valence-electron chi connectivity index (χ2n) is 9.81. The molecule has 2 fully saturated rings. The van der Waals surface area contributed by atoms with E-state index in [-0.39, 0.29) is 24.4 Å². The number of carbonyl (C=O) groups excluding carboxylic acids is 2. The van der Waals surface area contributed by atoms with Crippen molar-refractivity contribution in [2.45, 2.75) is 44.3 Å². The molecule has 2 amide bonds. The maximum absolute atomic E-state index is 13.8. The SMILES string of the molecule is O=C([C@H]1CNCC(=O)N1c1ccc(CCCOc2cccc(Cl)c2)cc1)N(Cc1ccc(Cl)cc1)C1CC1. The molecule has 2 aliphatic rings. The Kier molecular flexibility index (Phi) is 8.52. The summed E-state index contributed by atoms with van der Waals surface area (Å²) < 4.78 is 5.78. The summed E-state index contributed by atoms with van der Waals surface area (Å²) in [7, 11) is 0. The summed E-state index contributed by atoms with van der Waals surface area (Å²) >= 11 is 12.1. The molecule has 5 rings (SSSR count). The Morgan fingerprint density at radius 2 is 1.71 bits per heavy atom. The van der Waals surface area contributed by atoms with E-state index < -0.39 is 6.04 Å². The summed E-state index contributed by atoms with van der Waals surface area (Å²) in [4.78, 5) is 30.4. The Morgan fingerprint density at radius 1 is 0.974 bits per heavy atom. The van der Waals surface area contributed by atoms with Gasteiger partial charge in [-0.2, -0.15) is 0 Å². The summed E-state index contributed by atoms with van der Waals surface area (Å²) in [5.74, 6) is 0.641. The van der Waals surface area contributed by atoms with Gasteiger partial charge in [-0.25, -0.2) is 0 Å². The predicted molar refractivity (Wildman–Crippen MR) is 151 cm³/mol. The first-order chi connectivity index (χ1) is 18.5. The van der Waals surface area contributed by atoms with Crippen LogP contribution in [0.25, 0.3) is 0 Å². The highest BCUT2D eigenvalue weighted by Crippen LogP contribution is 2.31. The minimum Gasteiger partial charge on any atom is -0.494 e. The largest absolute Gasteiger partial charge is 0.494 e. The number of rotatable bonds is 10. The van der Waals surface area contributed by atoms with Gasteiger partial charge in [0, 0.05) is 34.9 Å². The summed E-state index contributed by atoms with van der Waals surface area (Å²) in [6, 6.07) is 22.5. The number of nitrogens with one attached hydrogen (secondary N) is 1. The molecule has 0 aromatic heterocycles. The van der Waals surface area contributed by atoms with Crippen molar-refractivity contribution >= 4 is 40.7 Å². The average molecular weight is 553 g/mol. The number of ether oxygens (including phenoxy) is 1. The third kappa shape index (κ3) is 6.68. The standard InChI is InChI=1S/C30H31Cl2N3O3/c31-23-10-6-22(7-11-23)20-34(25-14-15-25)30(37)28-18-33-19-29(36)35(28)26-12-8-21(9-13-26)3-2-16-38-27-5-1-4-24(32)17-27/h1,4-13,17,25,28,33H,2-3,14-16,18-20H2/t28-/m1/s1. The van der Waals surface area contributed by atoms with Crippen molar-refractivity contribution in [3.63, 3.8) is 0 Å². The van der Waals surface area contributed by atoms with Gasteiger partial charge in [0.25, 0.3) is 0 Å². The summed E-state index contributed by atoms with van der Waals surface area (Å²) in [6.07, 6.45) is 3.67. The van der Waals surface area contributed by atoms with E-state index in [9.17, 15) is 9.59 Å². The molecule has 0 spiro atoms. The lowest BCUT2D eigenvalue weighted by Gasteiger charge is -2.38. The lowest BCUT2D eigenvalue weighted by molar-refractivity contribution is -0.136. The molecule has 8 heteroatoms. The normalized spacial score (nSPS) is 17.4. The van der Waals surface area contributed by atoms with Crippen LogP contribution in [0.2, 0.25) is 10.0 Å². The van der Waals surface area contributed by atoms with Gasteiger partial charge in [0.05, 0.1) is 13.2 Å². The van der Waals surface area contributed by atoms with E-state index in [4.69, 9.17) is 27.9 Å². The molecule has 198 valence electrons. The smallest absolute Gasteiger partial charge is 0.247 e. The van der Waals surface area contributed by atoms with Crippen LogP contribution in [0.5, 0.6) is 5.75 Å². The number of aryl methyl sites for hydroxylation is 1. The number of carbonyl (C=O) groups is 2. The van der Waals surface area contributed by atoms with Gasteiger partial charge in [-0.3, -0.25) is 14.5 Å². The average Bonchev–Trinajstić information content (AvgIpc) is 3.76. The fraction of sp³-hybridized carbons (Fsp3) is 0.333. The second-order valence-corrected chi connectivity index (χ2v) is 10.7. The maximum Gasteiger partial charge on any atom is 0.247 e. The van der Waals surface area contributed by atoms with Crippen molar-refractivity contribution < 1.29 is 14.3 Å². The molecule has 1 saturated heterocycles. The van der Waals surface area contributed by atoms with Crippen LogP contribution < -0.4 is 15.0 Å². The van der Waals surface area contributed by atoms with Crippen LogP contribution in [0.15, 0.2) is 72.8 Å². The minimum atomic E-state index is -0.582. The lowest BCUT2D eigenvalue weighted by atomic mass is 10.1. The number of piperazine rings is 1. The zero-order valence-electron chi connectivity index (χ0n) is 21.1. The molecule has 1 heterocycles. The lowest BCUT2D eigenvalue weighted by Crippen LogP contribution is -2.61. The molecule has 3 aromatic rings. The van der Waals surface area contributed by atoms with Crippen LogP contribution in [0.1, 0.15) is 30.4 Å². The summed E-state index contributed by atoms with van der Waals surface area (Å²) in [5, 5.41) is 4.46. The first-order valence-corrected chi connectivity index (χ1v) is 13.8. The van der Waals surface area contributed by atoms with Gasteiger partial charge in [0.2, 0.25) is 11.8 Å². The fourth-order valence-corrected chi connectivity index (χ4v) is 5.09. The van der Waals surface area contributed by atoms with Gasteiger partial charge in [-0.05, 0) is 79.3 Å². The molecular weight excluding hydrogens is 521 g/mol. The topological polar surface area (TPSA) is 61.9 Å². The van der Waals surface area contributed by atoms with Crippen LogP contribution >= 0.6 is 23.2 Å². The number of benzene rings is 3. The highest BCUT2D eigenvalue weighted by molar-refractivity contribution is 6.30. The van der Waals surface area contributed by atoms with Gasteiger partial charge in [0.1, 0.15) is 11.8 Å². The highest BCUT2D eigenvalue weighted by Gasteiger charge is 2.41. The highest BCUT2D eigenvalue weighted by atomic mass is 35.5.